The number of likely N-dealkylation sites (tertiary alicyclic amines) is 2. The van der Waals surface area contributed by atoms with Crippen molar-refractivity contribution in [3.63, 3.8) is 0 Å². The van der Waals surface area contributed by atoms with E-state index in [9.17, 15) is 28.8 Å². The van der Waals surface area contributed by atoms with Crippen molar-refractivity contribution in [2.45, 2.75) is 54.4 Å². The zero-order valence-electron chi connectivity index (χ0n) is 53.5. The Kier molecular flexibility index (Phi) is 31.3. The standard InChI is InChI=1S/C25H22Cl3N5O2.C24H20Cl3N5O2.C22H18Cl3N5O2.3CH4/c26-17-8-9-21(30-14-17)31-25(35)19-12-18(27)13-20(28)22(19)32-24(34)16-6-4-15(5-7-16)23(29)33-10-2-1-3-11-33;25-16-7-8-20(29-13-16)30-24(34)18-11-17(26)12-19(27)21(18)31-23(33)15-5-3-14(4-6-15)22(28)32-9-1-2-10-32;1-30(2)20(26)12-3-5-13(6-4-12)21(31)29-19-16(9-15(24)10-17(19)25)22(32)28-18-8-7-14(23)11-27-18;;;/h4-9,12-14,29H,1-3,10-11H2,(H,32,34)(H,30,31,35);3-8,11-13,28H,1-2,9-10H2,(H,31,33)(H,29,30,34);3-11,26H,1-2H3,(H,29,31)(H,27,28,32);3*1H4. The van der Waals surface area contributed by atoms with E-state index in [0.717, 1.165) is 63.0 Å². The summed E-state index contributed by atoms with van der Waals surface area (Å²) in [5.41, 5.74) is 3.76. The number of anilines is 6. The molecule has 6 aromatic carbocycles. The zero-order valence-corrected chi connectivity index (χ0v) is 60.3. The summed E-state index contributed by atoms with van der Waals surface area (Å²) < 4.78 is 0. The first-order chi connectivity index (χ1) is 48.3. The Morgan fingerprint density at radius 1 is 0.337 bits per heavy atom. The third-order valence-corrected chi connectivity index (χ3v) is 17.5. The van der Waals surface area contributed by atoms with Gasteiger partial charge in [0.15, 0.2) is 0 Å². The quantitative estimate of drug-likeness (QED) is 0.0342. The maximum Gasteiger partial charge on any atom is 0.259 e. The molecule has 0 spiro atoms. The van der Waals surface area contributed by atoms with Gasteiger partial charge in [0.2, 0.25) is 0 Å². The number of halogens is 9. The van der Waals surface area contributed by atoms with Gasteiger partial charge in [-0.1, -0.05) is 163 Å². The van der Waals surface area contributed by atoms with Crippen molar-refractivity contribution in [1.82, 2.24) is 29.7 Å². The van der Waals surface area contributed by atoms with Crippen molar-refractivity contribution in [1.29, 1.82) is 16.2 Å². The van der Waals surface area contributed by atoms with Crippen LogP contribution in [0.1, 0.15) is 133 Å². The van der Waals surface area contributed by atoms with E-state index in [-0.39, 0.29) is 104 Å². The lowest BCUT2D eigenvalue weighted by molar-refractivity contribution is 0.101. The Morgan fingerprint density at radius 3 is 0.856 bits per heavy atom. The Hall–Kier alpha value is -9.39. The number of amides is 6. The monoisotopic (exact) mass is 1580 g/mol. The Balaban J connectivity index is 0.000000242. The maximum atomic E-state index is 13.0. The van der Waals surface area contributed by atoms with Crippen LogP contribution < -0.4 is 31.9 Å². The Bertz CT molecular complexity index is 4600. The molecule has 2 fully saturated rings. The van der Waals surface area contributed by atoms with Gasteiger partial charge in [0.1, 0.15) is 35.0 Å². The van der Waals surface area contributed by atoms with Crippen LogP contribution in [0.4, 0.5) is 34.5 Å². The summed E-state index contributed by atoms with van der Waals surface area (Å²) in [6.07, 6.45) is 9.70. The SMILES string of the molecule is C.C.C.CN(C)C(=N)c1ccc(C(=O)Nc2c(Cl)cc(Cl)cc2C(=O)Nc2ccc(Cl)cn2)cc1.N=C(c1ccc(C(=O)Nc2c(Cl)cc(Cl)cc2C(=O)Nc2ccc(Cl)cn2)cc1)N1CCCC1.N=C(c1ccc(C(=O)Nc2c(Cl)cc(Cl)cc2C(=O)Nc2ccc(Cl)cn2)cc1)N1CCCCC1. The molecule has 5 heterocycles. The number of carbonyl (C=O) groups is 6. The van der Waals surface area contributed by atoms with Crippen LogP contribution in [-0.4, -0.2) is 123 Å². The number of amidine groups is 3. The van der Waals surface area contributed by atoms with Crippen LogP contribution >= 0.6 is 104 Å². The predicted octanol–water partition coefficient (Wildman–Crippen LogP) is 19.7. The van der Waals surface area contributed by atoms with Gasteiger partial charge >= 0.3 is 0 Å². The minimum atomic E-state index is -0.561. The molecule has 0 atom stereocenters. The maximum absolute atomic E-state index is 13.0. The molecule has 9 aromatic rings. The second-order valence-corrected chi connectivity index (χ2v) is 26.5. The molecule has 0 aliphatic carbocycles. The lowest BCUT2D eigenvalue weighted by atomic mass is 10.1. The van der Waals surface area contributed by atoms with Crippen LogP contribution in [0, 0.1) is 16.2 Å². The fourth-order valence-corrected chi connectivity index (χ4v) is 12.1. The van der Waals surface area contributed by atoms with Gasteiger partial charge in [-0.15, -0.1) is 0 Å². The number of hydrogen-bond acceptors (Lipinski definition) is 12. The van der Waals surface area contributed by atoms with Gasteiger partial charge in [0, 0.05) is 107 Å². The van der Waals surface area contributed by atoms with E-state index in [2.05, 4.69) is 46.9 Å². The van der Waals surface area contributed by atoms with Crippen molar-refractivity contribution in [2.24, 2.45) is 0 Å². The van der Waals surface area contributed by atoms with Gasteiger partial charge < -0.3 is 46.6 Å². The van der Waals surface area contributed by atoms with Crippen LogP contribution in [0.25, 0.3) is 0 Å². The molecule has 0 unspecified atom stereocenters. The normalized spacial score (nSPS) is 11.9. The minimum absolute atomic E-state index is 0. The summed E-state index contributed by atoms with van der Waals surface area (Å²) in [4.78, 5) is 95.2. The van der Waals surface area contributed by atoms with Crippen LogP contribution in [-0.2, 0) is 0 Å². The van der Waals surface area contributed by atoms with E-state index < -0.39 is 35.4 Å². The van der Waals surface area contributed by atoms with Gasteiger partial charge in [0.25, 0.3) is 35.4 Å². The van der Waals surface area contributed by atoms with E-state index in [0.29, 0.717) is 54.8 Å². The number of nitrogens with zero attached hydrogens (tertiary/aromatic N) is 6. The summed E-state index contributed by atoms with van der Waals surface area (Å²) in [7, 11) is 3.52. The zero-order chi connectivity index (χ0) is 72.6. The smallest absolute Gasteiger partial charge is 0.259 e. The van der Waals surface area contributed by atoms with Gasteiger partial charge in [-0.2, -0.15) is 0 Å². The van der Waals surface area contributed by atoms with Gasteiger partial charge in [0.05, 0.1) is 63.9 Å². The Labute approximate surface area is 647 Å². The molecule has 30 heteroatoms. The molecule has 3 aromatic heterocycles. The third-order valence-electron chi connectivity index (χ3n) is 15.3. The number of rotatable bonds is 15. The highest BCUT2D eigenvalue weighted by atomic mass is 35.5. The molecule has 2 aliphatic heterocycles. The molecule has 542 valence electrons. The van der Waals surface area contributed by atoms with E-state index in [4.69, 9.17) is 121 Å². The van der Waals surface area contributed by atoms with Crippen molar-refractivity contribution in [3.05, 3.63) is 259 Å². The molecule has 11 rings (SSSR count). The lowest BCUT2D eigenvalue weighted by Crippen LogP contribution is -2.35. The fraction of sp³-hybridized carbons (Fsp3) is 0.189. The number of carbonyl (C=O) groups excluding carboxylic acids is 6. The van der Waals surface area contributed by atoms with Crippen LogP contribution in [0.2, 0.25) is 45.2 Å². The molecule has 2 saturated heterocycles. The molecule has 0 bridgehead atoms. The predicted molar refractivity (Wildman–Crippen MR) is 425 cm³/mol. The van der Waals surface area contributed by atoms with Crippen LogP contribution in [0.5, 0.6) is 0 Å². The molecule has 104 heavy (non-hydrogen) atoms. The average molecular weight is 1590 g/mol. The van der Waals surface area contributed by atoms with Crippen molar-refractivity contribution < 1.29 is 28.8 Å². The highest BCUT2D eigenvalue weighted by molar-refractivity contribution is 6.40. The van der Waals surface area contributed by atoms with E-state index in [1.807, 2.05) is 9.80 Å². The average Bonchev–Trinajstić information content (AvgIpc) is 0.886. The number of piperidine rings is 1. The second kappa shape index (κ2) is 38.9. The second-order valence-electron chi connectivity index (χ2n) is 22.7. The third kappa shape index (κ3) is 22.6. The van der Waals surface area contributed by atoms with Crippen LogP contribution in [0.15, 0.2) is 164 Å². The van der Waals surface area contributed by atoms with Crippen molar-refractivity contribution >= 4 is 192 Å². The molecule has 6 amide bonds. The molecular formula is C74H72Cl9N15O6. The van der Waals surface area contributed by atoms with Gasteiger partial charge in [-0.25, -0.2) is 15.0 Å². The number of aromatic nitrogens is 3. The van der Waals surface area contributed by atoms with Crippen molar-refractivity contribution in [2.75, 3.05) is 72.2 Å². The number of pyridine rings is 3. The summed E-state index contributed by atoms with van der Waals surface area (Å²) in [5.74, 6) is -1.02. The lowest BCUT2D eigenvalue weighted by Gasteiger charge is -2.29. The number of benzene rings is 6. The molecule has 9 N–H and O–H groups in total. The summed E-state index contributed by atoms with van der Waals surface area (Å²) in [6, 6.07) is 38.0. The van der Waals surface area contributed by atoms with E-state index >= 15 is 0 Å². The van der Waals surface area contributed by atoms with Crippen molar-refractivity contribution in [3.8, 4) is 0 Å². The summed E-state index contributed by atoms with van der Waals surface area (Å²) in [5, 5.41) is 43.1. The fourth-order valence-electron chi connectivity index (χ4n) is 10.1. The van der Waals surface area contributed by atoms with E-state index in [1.165, 1.54) is 67.5 Å². The first-order valence-corrected chi connectivity index (χ1v) is 34.1. The first-order valence-electron chi connectivity index (χ1n) is 30.7. The summed E-state index contributed by atoms with van der Waals surface area (Å²) >= 11 is 54.8. The first kappa shape index (κ1) is 83.6. The van der Waals surface area contributed by atoms with Gasteiger partial charge in [-0.05, 0) is 141 Å². The molecule has 0 radical (unpaired) electrons. The largest absolute Gasteiger partial charge is 0.363 e. The van der Waals surface area contributed by atoms with Crippen LogP contribution in [0.3, 0.4) is 0 Å². The number of hydrogen-bond donors (Lipinski definition) is 9. The topological polar surface area (TPSA) is 295 Å². The molecule has 2 aliphatic rings. The minimum Gasteiger partial charge on any atom is -0.363 e. The highest BCUT2D eigenvalue weighted by Crippen LogP contribution is 2.35. The number of nitrogens with one attached hydrogen (secondary N) is 9. The summed E-state index contributed by atoms with van der Waals surface area (Å²) in [6.45, 7) is 3.47. The highest BCUT2D eigenvalue weighted by Gasteiger charge is 2.25. The molecule has 0 saturated carbocycles. The Morgan fingerprint density at radius 2 is 0.596 bits per heavy atom. The molecule has 21 nitrogen and oxygen atoms in total. The van der Waals surface area contributed by atoms with Gasteiger partial charge in [-0.3, -0.25) is 45.0 Å². The van der Waals surface area contributed by atoms with E-state index in [1.54, 1.807) is 122 Å². The molecular weight excluding hydrogens is 1510 g/mol.